The van der Waals surface area contributed by atoms with Gasteiger partial charge in [-0.05, 0) is 32.2 Å². The molecular formula is C17H34N2O2. The number of rotatable bonds is 9. The van der Waals surface area contributed by atoms with Gasteiger partial charge in [0, 0.05) is 19.1 Å². The fraction of sp³-hybridized carbons (Fsp3) is 0.941. The van der Waals surface area contributed by atoms with Crippen LogP contribution in [0.15, 0.2) is 0 Å². The lowest BCUT2D eigenvalue weighted by Crippen LogP contribution is -2.46. The fourth-order valence-corrected chi connectivity index (χ4v) is 2.98. The predicted octanol–water partition coefficient (Wildman–Crippen LogP) is 2.65. The smallest absolute Gasteiger partial charge is 0.236 e. The summed E-state index contributed by atoms with van der Waals surface area (Å²) >= 11 is 0. The highest BCUT2D eigenvalue weighted by Gasteiger charge is 2.24. The summed E-state index contributed by atoms with van der Waals surface area (Å²) in [5.74, 6) is 0.247. The molecule has 0 saturated carbocycles. The molecule has 0 radical (unpaired) electrons. The van der Waals surface area contributed by atoms with E-state index in [1.807, 2.05) is 4.90 Å². The van der Waals surface area contributed by atoms with Crippen LogP contribution in [0.4, 0.5) is 0 Å². The minimum Gasteiger partial charge on any atom is -0.395 e. The van der Waals surface area contributed by atoms with Crippen LogP contribution in [-0.2, 0) is 4.79 Å². The number of carbonyl (C=O) groups excluding carboxylic acids is 1. The summed E-state index contributed by atoms with van der Waals surface area (Å²) in [5, 5.41) is 9.55. The van der Waals surface area contributed by atoms with E-state index < -0.39 is 0 Å². The monoisotopic (exact) mass is 298 g/mol. The van der Waals surface area contributed by atoms with Crippen LogP contribution >= 0.6 is 0 Å². The van der Waals surface area contributed by atoms with Gasteiger partial charge in [-0.15, -0.1) is 0 Å². The Morgan fingerprint density at radius 2 is 1.81 bits per heavy atom. The predicted molar refractivity (Wildman–Crippen MR) is 87.3 cm³/mol. The minimum absolute atomic E-state index is 0.177. The summed E-state index contributed by atoms with van der Waals surface area (Å²) in [7, 11) is 0. The molecule has 1 rings (SSSR count). The lowest BCUT2D eigenvalue weighted by molar-refractivity contribution is -0.133. The number of unbranched alkanes of at least 4 members (excludes halogenated alkanes) is 2. The Morgan fingerprint density at radius 1 is 1.14 bits per heavy atom. The molecule has 21 heavy (non-hydrogen) atoms. The van der Waals surface area contributed by atoms with Gasteiger partial charge >= 0.3 is 0 Å². The van der Waals surface area contributed by atoms with E-state index in [0.29, 0.717) is 6.54 Å². The van der Waals surface area contributed by atoms with Crippen LogP contribution in [0, 0.1) is 0 Å². The molecule has 4 heteroatoms. The summed E-state index contributed by atoms with van der Waals surface area (Å²) in [6.45, 7) is 7.71. The molecule has 0 aromatic carbocycles. The zero-order valence-electron chi connectivity index (χ0n) is 14.0. The van der Waals surface area contributed by atoms with E-state index in [9.17, 15) is 9.90 Å². The van der Waals surface area contributed by atoms with Crippen molar-refractivity contribution in [2.75, 3.05) is 32.8 Å². The highest BCUT2D eigenvalue weighted by atomic mass is 16.3. The number of amides is 1. The van der Waals surface area contributed by atoms with Gasteiger partial charge in [0.05, 0.1) is 13.2 Å². The van der Waals surface area contributed by atoms with Crippen LogP contribution in [0.1, 0.15) is 65.2 Å². The normalized spacial score (nSPS) is 20.2. The summed E-state index contributed by atoms with van der Waals surface area (Å²) in [6.07, 6.45) is 8.97. The van der Waals surface area contributed by atoms with Gasteiger partial charge in [-0.1, -0.05) is 39.5 Å². The van der Waals surface area contributed by atoms with E-state index in [-0.39, 0.29) is 18.6 Å². The Balaban J connectivity index is 2.55. The zero-order chi connectivity index (χ0) is 15.5. The third kappa shape index (κ3) is 6.79. The van der Waals surface area contributed by atoms with Crippen molar-refractivity contribution in [3.8, 4) is 0 Å². The summed E-state index contributed by atoms with van der Waals surface area (Å²) < 4.78 is 0. The number of aliphatic hydroxyl groups is 1. The molecule has 0 aromatic rings. The second-order valence-corrected chi connectivity index (χ2v) is 6.24. The largest absolute Gasteiger partial charge is 0.395 e. The highest BCUT2D eigenvalue weighted by Crippen LogP contribution is 2.16. The molecule has 0 bridgehead atoms. The van der Waals surface area contributed by atoms with Crippen molar-refractivity contribution in [3.63, 3.8) is 0 Å². The molecule has 1 heterocycles. The van der Waals surface area contributed by atoms with Crippen molar-refractivity contribution >= 4 is 5.91 Å². The highest BCUT2D eigenvalue weighted by molar-refractivity contribution is 5.78. The SMILES string of the molecule is CCCCN(CCCC)C(=O)CN1CCCCCC1CO. The third-order valence-corrected chi connectivity index (χ3v) is 4.46. The van der Waals surface area contributed by atoms with Crippen molar-refractivity contribution in [2.45, 2.75) is 71.3 Å². The number of nitrogens with zero attached hydrogens (tertiary/aromatic N) is 2. The Labute approximate surface area is 130 Å². The van der Waals surface area contributed by atoms with Crippen LogP contribution < -0.4 is 0 Å². The Hall–Kier alpha value is -0.610. The molecule has 1 aliphatic rings. The minimum atomic E-state index is 0.177. The van der Waals surface area contributed by atoms with Crippen molar-refractivity contribution in [1.29, 1.82) is 0 Å². The molecule has 1 aliphatic heterocycles. The van der Waals surface area contributed by atoms with Gasteiger partial charge in [0.15, 0.2) is 0 Å². The van der Waals surface area contributed by atoms with E-state index >= 15 is 0 Å². The van der Waals surface area contributed by atoms with E-state index in [1.165, 1.54) is 12.8 Å². The van der Waals surface area contributed by atoms with Gasteiger partial charge in [0.25, 0.3) is 0 Å². The molecule has 1 fully saturated rings. The maximum Gasteiger partial charge on any atom is 0.236 e. The topological polar surface area (TPSA) is 43.8 Å². The molecule has 1 atom stereocenters. The van der Waals surface area contributed by atoms with Crippen molar-refractivity contribution in [3.05, 3.63) is 0 Å². The average molecular weight is 298 g/mol. The number of aliphatic hydroxyl groups excluding tert-OH is 1. The number of likely N-dealkylation sites (tertiary alicyclic amines) is 1. The molecule has 0 spiro atoms. The molecule has 0 aliphatic carbocycles. The first kappa shape index (κ1) is 18.4. The first-order valence-corrected chi connectivity index (χ1v) is 8.85. The van der Waals surface area contributed by atoms with Gasteiger partial charge in [0.2, 0.25) is 5.91 Å². The van der Waals surface area contributed by atoms with Crippen LogP contribution in [0.25, 0.3) is 0 Å². The van der Waals surface area contributed by atoms with Crippen LogP contribution in [0.3, 0.4) is 0 Å². The molecule has 1 N–H and O–H groups in total. The summed E-state index contributed by atoms with van der Waals surface area (Å²) in [5.41, 5.74) is 0. The Morgan fingerprint density at radius 3 is 2.38 bits per heavy atom. The Kier molecular flexibility index (Phi) is 9.68. The number of hydrogen-bond donors (Lipinski definition) is 1. The molecule has 4 nitrogen and oxygen atoms in total. The van der Waals surface area contributed by atoms with Crippen LogP contribution in [0.2, 0.25) is 0 Å². The lowest BCUT2D eigenvalue weighted by Gasteiger charge is -2.31. The van der Waals surface area contributed by atoms with Gasteiger partial charge in [-0.25, -0.2) is 0 Å². The van der Waals surface area contributed by atoms with Crippen molar-refractivity contribution in [1.82, 2.24) is 9.80 Å². The van der Waals surface area contributed by atoms with E-state index in [0.717, 1.165) is 58.2 Å². The maximum absolute atomic E-state index is 12.6. The molecule has 124 valence electrons. The fourth-order valence-electron chi connectivity index (χ4n) is 2.98. The first-order valence-electron chi connectivity index (χ1n) is 8.85. The molecule has 1 unspecified atom stereocenters. The van der Waals surface area contributed by atoms with E-state index in [2.05, 4.69) is 18.7 Å². The quantitative estimate of drug-likeness (QED) is 0.712. The molecule has 0 aromatic heterocycles. The van der Waals surface area contributed by atoms with Crippen LogP contribution in [-0.4, -0.2) is 59.6 Å². The third-order valence-electron chi connectivity index (χ3n) is 4.46. The second kappa shape index (κ2) is 11.0. The number of hydrogen-bond acceptors (Lipinski definition) is 3. The van der Waals surface area contributed by atoms with Gasteiger partial charge < -0.3 is 10.0 Å². The van der Waals surface area contributed by atoms with Gasteiger partial charge in [-0.3, -0.25) is 9.69 Å². The van der Waals surface area contributed by atoms with Gasteiger partial charge in [0.1, 0.15) is 0 Å². The number of carbonyl (C=O) groups is 1. The van der Waals surface area contributed by atoms with E-state index in [4.69, 9.17) is 0 Å². The molecule has 1 amide bonds. The standard InChI is InChI=1S/C17H34N2O2/c1-3-5-11-18(12-6-4-2)17(21)14-19-13-9-7-8-10-16(19)15-20/h16,20H,3-15H2,1-2H3. The Bertz CT molecular complexity index is 276. The van der Waals surface area contributed by atoms with E-state index in [1.54, 1.807) is 0 Å². The summed E-state index contributed by atoms with van der Waals surface area (Å²) in [4.78, 5) is 16.8. The zero-order valence-corrected chi connectivity index (χ0v) is 14.0. The summed E-state index contributed by atoms with van der Waals surface area (Å²) in [6, 6.07) is 0.177. The average Bonchev–Trinajstić information content (AvgIpc) is 2.72. The van der Waals surface area contributed by atoms with Gasteiger partial charge in [-0.2, -0.15) is 0 Å². The maximum atomic E-state index is 12.6. The molecular weight excluding hydrogens is 264 g/mol. The lowest BCUT2D eigenvalue weighted by atomic mass is 10.1. The molecule has 1 saturated heterocycles. The van der Waals surface area contributed by atoms with Crippen molar-refractivity contribution in [2.24, 2.45) is 0 Å². The van der Waals surface area contributed by atoms with Crippen LogP contribution in [0.5, 0.6) is 0 Å². The second-order valence-electron chi connectivity index (χ2n) is 6.24. The first-order chi connectivity index (χ1) is 10.2. The van der Waals surface area contributed by atoms with Crippen molar-refractivity contribution < 1.29 is 9.90 Å².